The SMILES string of the molecule is CC(=O)O.CCCCC/C=C\CC/C=C/C=C/CCCOC(C)=O. The maximum atomic E-state index is 10.5. The van der Waals surface area contributed by atoms with Gasteiger partial charge < -0.3 is 9.84 Å². The molecule has 0 spiro atoms. The second kappa shape index (κ2) is 21.2. The van der Waals surface area contributed by atoms with Gasteiger partial charge in [-0.1, -0.05) is 56.2 Å². The van der Waals surface area contributed by atoms with E-state index in [0.29, 0.717) is 6.61 Å². The number of carboxylic acids is 1. The number of unbranched alkanes of at least 4 members (excludes halogenated alkanes) is 5. The number of hydrogen-bond acceptors (Lipinski definition) is 3. The van der Waals surface area contributed by atoms with E-state index in [1.165, 1.54) is 32.6 Å². The first kappa shape index (κ1) is 24.4. The highest BCUT2D eigenvalue weighted by molar-refractivity contribution is 5.65. The summed E-state index contributed by atoms with van der Waals surface area (Å²) >= 11 is 0. The predicted molar refractivity (Wildman–Crippen MR) is 100.0 cm³/mol. The molecule has 0 saturated carbocycles. The fourth-order valence-corrected chi connectivity index (χ4v) is 1.71. The first-order valence-corrected chi connectivity index (χ1v) is 8.80. The van der Waals surface area contributed by atoms with E-state index in [4.69, 9.17) is 14.6 Å². The molecular formula is C20H34O4. The second-order valence-electron chi connectivity index (χ2n) is 5.40. The number of aliphatic carboxylic acids is 1. The lowest BCUT2D eigenvalue weighted by molar-refractivity contribution is -0.141. The van der Waals surface area contributed by atoms with Crippen molar-refractivity contribution in [3.8, 4) is 0 Å². The molecule has 0 unspecified atom stereocenters. The molecule has 0 aliphatic heterocycles. The third kappa shape index (κ3) is 32.2. The Morgan fingerprint density at radius 1 is 0.833 bits per heavy atom. The summed E-state index contributed by atoms with van der Waals surface area (Å²) < 4.78 is 4.85. The number of ether oxygens (including phenoxy) is 1. The Hall–Kier alpha value is -1.84. The first-order chi connectivity index (χ1) is 11.5. The van der Waals surface area contributed by atoms with Crippen LogP contribution in [0.1, 0.15) is 72.1 Å². The maximum Gasteiger partial charge on any atom is 0.302 e. The number of hydrogen-bond donors (Lipinski definition) is 1. The fourth-order valence-electron chi connectivity index (χ4n) is 1.71. The lowest BCUT2D eigenvalue weighted by Crippen LogP contribution is -1.99. The van der Waals surface area contributed by atoms with Gasteiger partial charge in [0.25, 0.3) is 5.97 Å². The molecule has 0 radical (unpaired) electrons. The summed E-state index contributed by atoms with van der Waals surface area (Å²) in [5.41, 5.74) is 0. The Kier molecular flexibility index (Phi) is 21.5. The van der Waals surface area contributed by atoms with Crippen LogP contribution in [0.25, 0.3) is 0 Å². The molecule has 0 aromatic heterocycles. The number of rotatable bonds is 12. The molecule has 0 rings (SSSR count). The molecule has 0 aliphatic carbocycles. The summed E-state index contributed by atoms with van der Waals surface area (Å²) in [5.74, 6) is -1.03. The minimum atomic E-state index is -0.833. The third-order valence-corrected chi connectivity index (χ3v) is 2.84. The van der Waals surface area contributed by atoms with E-state index in [-0.39, 0.29) is 5.97 Å². The molecular weight excluding hydrogens is 304 g/mol. The van der Waals surface area contributed by atoms with E-state index in [2.05, 4.69) is 43.4 Å². The number of carboxylic acid groups (broad SMARTS) is 1. The highest BCUT2D eigenvalue weighted by Crippen LogP contribution is 2.01. The quantitative estimate of drug-likeness (QED) is 0.222. The molecule has 0 bridgehead atoms. The van der Waals surface area contributed by atoms with Gasteiger partial charge in [0, 0.05) is 13.8 Å². The Morgan fingerprint density at radius 3 is 1.92 bits per heavy atom. The van der Waals surface area contributed by atoms with Crippen LogP contribution in [0.15, 0.2) is 36.5 Å². The van der Waals surface area contributed by atoms with Crippen LogP contribution in [0.5, 0.6) is 0 Å². The van der Waals surface area contributed by atoms with Crippen LogP contribution in [0.2, 0.25) is 0 Å². The van der Waals surface area contributed by atoms with Gasteiger partial charge in [0.1, 0.15) is 0 Å². The monoisotopic (exact) mass is 338 g/mol. The van der Waals surface area contributed by atoms with Crippen LogP contribution in [0.3, 0.4) is 0 Å². The number of allylic oxidation sites excluding steroid dienone is 6. The highest BCUT2D eigenvalue weighted by atomic mass is 16.5. The van der Waals surface area contributed by atoms with Gasteiger partial charge in [-0.2, -0.15) is 0 Å². The van der Waals surface area contributed by atoms with Gasteiger partial charge in [0.05, 0.1) is 6.61 Å². The zero-order valence-electron chi connectivity index (χ0n) is 15.5. The zero-order chi connectivity index (χ0) is 18.5. The van der Waals surface area contributed by atoms with Crippen molar-refractivity contribution in [3.05, 3.63) is 36.5 Å². The lowest BCUT2D eigenvalue weighted by Gasteiger charge is -1.97. The molecule has 0 aliphatic rings. The molecule has 1 N–H and O–H groups in total. The molecule has 0 aromatic carbocycles. The molecule has 0 aromatic rings. The average molecular weight is 338 g/mol. The number of esters is 1. The van der Waals surface area contributed by atoms with Crippen molar-refractivity contribution in [2.45, 2.75) is 72.1 Å². The van der Waals surface area contributed by atoms with Gasteiger partial charge in [-0.15, -0.1) is 0 Å². The van der Waals surface area contributed by atoms with Crippen LogP contribution in [-0.4, -0.2) is 23.7 Å². The van der Waals surface area contributed by atoms with E-state index >= 15 is 0 Å². The summed E-state index contributed by atoms with van der Waals surface area (Å²) in [4.78, 5) is 19.5. The Bertz CT molecular complexity index is 377. The van der Waals surface area contributed by atoms with Gasteiger partial charge in [-0.25, -0.2) is 0 Å². The molecule has 0 amide bonds. The average Bonchev–Trinajstić information content (AvgIpc) is 2.50. The Labute approximate surface area is 147 Å². The molecule has 138 valence electrons. The summed E-state index contributed by atoms with van der Waals surface area (Å²) in [5, 5.41) is 7.42. The summed E-state index contributed by atoms with van der Waals surface area (Å²) in [6.45, 7) is 5.28. The zero-order valence-corrected chi connectivity index (χ0v) is 15.5. The Balaban J connectivity index is 0. The minimum absolute atomic E-state index is 0.198. The second-order valence-corrected chi connectivity index (χ2v) is 5.40. The molecule has 0 atom stereocenters. The number of carbonyl (C=O) groups excluding carboxylic acids is 1. The van der Waals surface area contributed by atoms with E-state index < -0.39 is 5.97 Å². The smallest absolute Gasteiger partial charge is 0.302 e. The van der Waals surface area contributed by atoms with Crippen LogP contribution >= 0.6 is 0 Å². The highest BCUT2D eigenvalue weighted by Gasteiger charge is 1.89. The van der Waals surface area contributed by atoms with E-state index in [0.717, 1.165) is 32.6 Å². The van der Waals surface area contributed by atoms with Crippen LogP contribution < -0.4 is 0 Å². The van der Waals surface area contributed by atoms with Crippen molar-refractivity contribution in [1.82, 2.24) is 0 Å². The van der Waals surface area contributed by atoms with Crippen LogP contribution in [0, 0.1) is 0 Å². The normalized spacial score (nSPS) is 11.0. The van der Waals surface area contributed by atoms with Crippen molar-refractivity contribution in [2.24, 2.45) is 0 Å². The summed E-state index contributed by atoms with van der Waals surface area (Å²) in [6.07, 6.45) is 22.3. The lowest BCUT2D eigenvalue weighted by atomic mass is 10.2. The third-order valence-electron chi connectivity index (χ3n) is 2.84. The van der Waals surface area contributed by atoms with Crippen molar-refractivity contribution < 1.29 is 19.4 Å². The van der Waals surface area contributed by atoms with E-state index in [1.54, 1.807) is 0 Å². The minimum Gasteiger partial charge on any atom is -0.481 e. The van der Waals surface area contributed by atoms with Crippen molar-refractivity contribution in [1.29, 1.82) is 0 Å². The molecule has 24 heavy (non-hydrogen) atoms. The van der Waals surface area contributed by atoms with E-state index in [1.807, 2.05) is 0 Å². The molecule has 4 heteroatoms. The van der Waals surface area contributed by atoms with Gasteiger partial charge in [-0.3, -0.25) is 9.59 Å². The standard InChI is InChI=1S/C18H30O2.C2H4O2/c1-3-4-5-6-7-8-9-10-11-12-13-14-15-16-17-20-18(2)19;1-2(3)4/h7-8,11-14H,3-6,9-10,15-17H2,1-2H3;1H3,(H,3,4)/b8-7-,12-11+,14-13+;. The van der Waals surface area contributed by atoms with Crippen molar-refractivity contribution >= 4 is 11.9 Å². The van der Waals surface area contributed by atoms with Crippen molar-refractivity contribution in [3.63, 3.8) is 0 Å². The number of carbonyl (C=O) groups is 2. The van der Waals surface area contributed by atoms with Gasteiger partial charge in [0.2, 0.25) is 0 Å². The molecule has 4 nitrogen and oxygen atoms in total. The van der Waals surface area contributed by atoms with Gasteiger partial charge in [-0.05, 0) is 38.5 Å². The Morgan fingerprint density at radius 2 is 1.33 bits per heavy atom. The van der Waals surface area contributed by atoms with Gasteiger partial charge >= 0.3 is 5.97 Å². The molecule has 0 heterocycles. The summed E-state index contributed by atoms with van der Waals surface area (Å²) in [7, 11) is 0. The van der Waals surface area contributed by atoms with Crippen LogP contribution in [-0.2, 0) is 14.3 Å². The molecule has 0 saturated heterocycles. The van der Waals surface area contributed by atoms with E-state index in [9.17, 15) is 4.79 Å². The summed E-state index contributed by atoms with van der Waals surface area (Å²) in [6, 6.07) is 0. The first-order valence-electron chi connectivity index (χ1n) is 8.80. The van der Waals surface area contributed by atoms with Crippen LogP contribution in [0.4, 0.5) is 0 Å². The predicted octanol–water partition coefficient (Wildman–Crippen LogP) is 5.45. The largest absolute Gasteiger partial charge is 0.481 e. The maximum absolute atomic E-state index is 10.5. The van der Waals surface area contributed by atoms with Crippen molar-refractivity contribution in [2.75, 3.05) is 6.61 Å². The van der Waals surface area contributed by atoms with Gasteiger partial charge in [0.15, 0.2) is 0 Å². The topological polar surface area (TPSA) is 63.6 Å². The molecule has 0 fully saturated rings. The fraction of sp³-hybridized carbons (Fsp3) is 0.600.